The number of hydrogen-bond donors (Lipinski definition) is 0. The van der Waals surface area contributed by atoms with Crippen LogP contribution in [0.2, 0.25) is 0 Å². The normalized spacial score (nSPS) is 16.7. The van der Waals surface area contributed by atoms with Crippen molar-refractivity contribution < 1.29 is 17.9 Å². The number of aryl methyl sites for hydroxylation is 1. The number of ether oxygens (including phenoxy) is 1. The van der Waals surface area contributed by atoms with E-state index in [1.807, 2.05) is 74.5 Å². The largest absolute Gasteiger partial charge is 0.497 e. The molecule has 0 spiro atoms. The molecule has 8 nitrogen and oxygen atoms in total. The zero-order valence-corrected chi connectivity index (χ0v) is 22.0. The summed E-state index contributed by atoms with van der Waals surface area (Å²) in [5.74, 6) is 0.704. The molecule has 4 aromatic rings. The minimum Gasteiger partial charge on any atom is -0.497 e. The molecule has 1 unspecified atom stereocenters. The molecule has 0 aliphatic carbocycles. The summed E-state index contributed by atoms with van der Waals surface area (Å²) >= 11 is 0. The Bertz CT molecular complexity index is 1560. The van der Waals surface area contributed by atoms with E-state index in [-0.39, 0.29) is 23.5 Å². The Balaban J connectivity index is 1.68. The molecule has 1 aliphatic rings. The highest BCUT2D eigenvalue weighted by Crippen LogP contribution is 2.33. The number of hydrogen-bond acceptors (Lipinski definition) is 6. The van der Waals surface area contributed by atoms with Crippen molar-refractivity contribution in [2.45, 2.75) is 32.9 Å². The number of benzene rings is 2. The smallest absolute Gasteiger partial charge is 0.255 e. The van der Waals surface area contributed by atoms with E-state index in [1.54, 1.807) is 16.7 Å². The summed E-state index contributed by atoms with van der Waals surface area (Å²) in [5.41, 5.74) is 4.13. The van der Waals surface area contributed by atoms with Gasteiger partial charge >= 0.3 is 0 Å². The molecule has 1 atom stereocenters. The lowest BCUT2D eigenvalue weighted by atomic mass is 10.0. The van der Waals surface area contributed by atoms with Crippen molar-refractivity contribution in [2.75, 3.05) is 25.2 Å². The first-order valence-corrected chi connectivity index (χ1v) is 14.2. The summed E-state index contributed by atoms with van der Waals surface area (Å²) in [6, 6.07) is 18.9. The number of rotatable bonds is 7. The van der Waals surface area contributed by atoms with Gasteiger partial charge in [-0.05, 0) is 44.0 Å². The van der Waals surface area contributed by atoms with Gasteiger partial charge in [-0.2, -0.15) is 5.10 Å². The number of carbonyl (C=O) groups is 1. The van der Waals surface area contributed by atoms with E-state index in [0.29, 0.717) is 53.2 Å². The van der Waals surface area contributed by atoms with Crippen LogP contribution in [0.15, 0.2) is 60.7 Å². The highest BCUT2D eigenvalue weighted by Gasteiger charge is 2.33. The van der Waals surface area contributed by atoms with Crippen LogP contribution in [0, 0.1) is 6.92 Å². The Morgan fingerprint density at radius 2 is 1.92 bits per heavy atom. The summed E-state index contributed by atoms with van der Waals surface area (Å²) in [5, 5.41) is 5.37. The van der Waals surface area contributed by atoms with E-state index in [0.717, 1.165) is 11.1 Å². The molecule has 0 bridgehead atoms. The Morgan fingerprint density at radius 3 is 2.59 bits per heavy atom. The van der Waals surface area contributed by atoms with Crippen LogP contribution in [-0.2, 0) is 16.4 Å². The average Bonchev–Trinajstić information content (AvgIpc) is 3.45. The third-order valence-corrected chi connectivity index (χ3v) is 8.62. The Morgan fingerprint density at radius 1 is 1.14 bits per heavy atom. The van der Waals surface area contributed by atoms with Crippen LogP contribution in [0.5, 0.6) is 5.75 Å². The van der Waals surface area contributed by atoms with Crippen LogP contribution in [0.4, 0.5) is 0 Å². The van der Waals surface area contributed by atoms with Crippen molar-refractivity contribution in [3.63, 3.8) is 0 Å². The van der Waals surface area contributed by atoms with Crippen LogP contribution >= 0.6 is 0 Å². The molecule has 37 heavy (non-hydrogen) atoms. The maximum atomic E-state index is 14.0. The molecule has 1 fully saturated rings. The highest BCUT2D eigenvalue weighted by molar-refractivity contribution is 7.91. The fourth-order valence-corrected chi connectivity index (χ4v) is 6.63. The second kappa shape index (κ2) is 9.97. The third-order valence-electron chi connectivity index (χ3n) is 6.87. The Hall–Kier alpha value is -3.72. The topological polar surface area (TPSA) is 94.4 Å². The molecule has 2 aromatic carbocycles. The predicted molar refractivity (Wildman–Crippen MR) is 143 cm³/mol. The Kier molecular flexibility index (Phi) is 6.72. The minimum atomic E-state index is -3.13. The lowest BCUT2D eigenvalue weighted by molar-refractivity contribution is 0.0754. The molecule has 5 rings (SSSR count). The van der Waals surface area contributed by atoms with Crippen molar-refractivity contribution in [2.24, 2.45) is 0 Å². The molecule has 192 valence electrons. The molecule has 3 heterocycles. The number of aromatic nitrogens is 3. The maximum absolute atomic E-state index is 14.0. The molecule has 1 aliphatic heterocycles. The zero-order chi connectivity index (χ0) is 26.2. The van der Waals surface area contributed by atoms with Gasteiger partial charge in [-0.1, -0.05) is 42.5 Å². The van der Waals surface area contributed by atoms with Crippen LogP contribution < -0.4 is 4.74 Å². The molecular weight excluding hydrogens is 488 g/mol. The maximum Gasteiger partial charge on any atom is 0.255 e. The van der Waals surface area contributed by atoms with Gasteiger partial charge in [0.1, 0.15) is 5.75 Å². The molecule has 0 radical (unpaired) electrons. The van der Waals surface area contributed by atoms with Gasteiger partial charge in [-0.3, -0.25) is 4.79 Å². The summed E-state index contributed by atoms with van der Waals surface area (Å²) in [6.07, 6.45) is 0.474. The molecular formula is C28H30N4O4S. The first-order chi connectivity index (χ1) is 17.8. The summed E-state index contributed by atoms with van der Waals surface area (Å²) in [7, 11) is -1.53. The van der Waals surface area contributed by atoms with Gasteiger partial charge < -0.3 is 9.64 Å². The van der Waals surface area contributed by atoms with E-state index >= 15 is 0 Å². The predicted octanol–water partition coefficient (Wildman–Crippen LogP) is 4.44. The van der Waals surface area contributed by atoms with Gasteiger partial charge in [0.25, 0.3) is 5.91 Å². The van der Waals surface area contributed by atoms with Crippen LogP contribution in [0.1, 0.15) is 41.0 Å². The number of fused-ring (bicyclic) bond motifs is 1. The van der Waals surface area contributed by atoms with Crippen molar-refractivity contribution >= 4 is 26.8 Å². The van der Waals surface area contributed by atoms with Gasteiger partial charge in [0, 0.05) is 18.7 Å². The minimum absolute atomic E-state index is 0.0205. The standard InChI is InChI=1S/C28H30N4O4S/c1-4-31(17-20-9-6-5-7-10-20)28(33)24-16-25(21-11-8-12-23(15-21)36-3)29-27-26(24)19(2)30-32(27)22-13-14-37(34,35)18-22/h5-12,15-16,22H,4,13-14,17-18H2,1-3H3. The number of amides is 1. The number of methoxy groups -OCH3 is 1. The summed E-state index contributed by atoms with van der Waals surface area (Å²) in [6.45, 7) is 4.81. The van der Waals surface area contributed by atoms with Crippen LogP contribution in [0.25, 0.3) is 22.3 Å². The summed E-state index contributed by atoms with van der Waals surface area (Å²) < 4.78 is 31.6. The molecule has 1 saturated heterocycles. The van der Waals surface area contributed by atoms with Gasteiger partial charge in [0.15, 0.2) is 15.5 Å². The van der Waals surface area contributed by atoms with Gasteiger partial charge in [-0.25, -0.2) is 18.1 Å². The van der Waals surface area contributed by atoms with Crippen molar-refractivity contribution in [1.82, 2.24) is 19.7 Å². The highest BCUT2D eigenvalue weighted by atomic mass is 32.2. The number of sulfone groups is 1. The second-order valence-electron chi connectivity index (χ2n) is 9.38. The van der Waals surface area contributed by atoms with Gasteiger partial charge in [-0.15, -0.1) is 0 Å². The molecule has 0 N–H and O–H groups in total. The lowest BCUT2D eigenvalue weighted by Crippen LogP contribution is -2.30. The quantitative estimate of drug-likeness (QED) is 0.359. The lowest BCUT2D eigenvalue weighted by Gasteiger charge is -2.22. The fourth-order valence-electron chi connectivity index (χ4n) is 4.94. The second-order valence-corrected chi connectivity index (χ2v) is 11.6. The summed E-state index contributed by atoms with van der Waals surface area (Å²) in [4.78, 5) is 20.8. The molecule has 1 amide bonds. The monoisotopic (exact) mass is 518 g/mol. The number of nitrogens with zero attached hydrogens (tertiary/aromatic N) is 4. The third kappa shape index (κ3) is 4.96. The first-order valence-electron chi connectivity index (χ1n) is 12.4. The Labute approximate surface area is 216 Å². The van der Waals surface area contributed by atoms with Gasteiger partial charge in [0.05, 0.1) is 47.0 Å². The first kappa shape index (κ1) is 25.0. The van der Waals surface area contributed by atoms with E-state index in [4.69, 9.17) is 14.8 Å². The van der Waals surface area contributed by atoms with Gasteiger partial charge in [0.2, 0.25) is 0 Å². The van der Waals surface area contributed by atoms with Crippen molar-refractivity contribution in [3.05, 3.63) is 77.5 Å². The van der Waals surface area contributed by atoms with E-state index in [1.165, 1.54) is 0 Å². The van der Waals surface area contributed by atoms with Crippen LogP contribution in [-0.4, -0.2) is 59.1 Å². The van der Waals surface area contributed by atoms with E-state index in [9.17, 15) is 13.2 Å². The van der Waals surface area contributed by atoms with Crippen molar-refractivity contribution in [1.29, 1.82) is 0 Å². The fraction of sp³-hybridized carbons (Fsp3) is 0.321. The molecule has 0 saturated carbocycles. The number of pyridine rings is 1. The van der Waals surface area contributed by atoms with Crippen LogP contribution in [0.3, 0.4) is 0 Å². The number of carbonyl (C=O) groups excluding carboxylic acids is 1. The SMILES string of the molecule is CCN(Cc1ccccc1)C(=O)c1cc(-c2cccc(OC)c2)nc2c1c(C)nn2C1CCS(=O)(=O)C1. The molecule has 9 heteroatoms. The van der Waals surface area contributed by atoms with E-state index < -0.39 is 9.84 Å². The zero-order valence-electron chi connectivity index (χ0n) is 21.2. The van der Waals surface area contributed by atoms with Crippen molar-refractivity contribution in [3.8, 4) is 17.0 Å². The average molecular weight is 519 g/mol. The molecule has 2 aromatic heterocycles. The van der Waals surface area contributed by atoms with E-state index in [2.05, 4.69) is 0 Å².